The van der Waals surface area contributed by atoms with Crippen molar-refractivity contribution < 1.29 is 4.79 Å². The van der Waals surface area contributed by atoms with Crippen molar-refractivity contribution in [3.63, 3.8) is 0 Å². The summed E-state index contributed by atoms with van der Waals surface area (Å²) in [5, 5.41) is 0. The predicted octanol–water partition coefficient (Wildman–Crippen LogP) is 2.13. The second-order valence-electron chi connectivity index (χ2n) is 5.18. The maximum atomic E-state index is 12.4. The van der Waals surface area contributed by atoms with Gasteiger partial charge in [-0.2, -0.15) is 0 Å². The number of aromatic nitrogens is 2. The number of piperazine rings is 1. The summed E-state index contributed by atoms with van der Waals surface area (Å²) in [6.45, 7) is 2.96. The molecule has 1 aromatic carbocycles. The first-order chi connectivity index (χ1) is 10.7. The van der Waals surface area contributed by atoms with Crippen LogP contribution in [0, 0.1) is 0 Å². The van der Waals surface area contributed by atoms with E-state index in [1.54, 1.807) is 18.5 Å². The summed E-state index contributed by atoms with van der Waals surface area (Å²) in [5.74, 6) is 0.904. The average Bonchev–Trinajstić information content (AvgIpc) is 2.58. The molecule has 0 radical (unpaired) electrons. The second kappa shape index (κ2) is 6.87. The van der Waals surface area contributed by atoms with Crippen molar-refractivity contribution in [1.82, 2.24) is 14.9 Å². The van der Waals surface area contributed by atoms with Gasteiger partial charge in [0.15, 0.2) is 0 Å². The van der Waals surface area contributed by atoms with Crippen molar-refractivity contribution in [2.24, 2.45) is 0 Å². The highest BCUT2D eigenvalue weighted by molar-refractivity contribution is 9.10. The number of nitrogens with zero attached hydrogens (tertiary/aromatic N) is 4. The van der Waals surface area contributed by atoms with Gasteiger partial charge in [0.25, 0.3) is 0 Å². The molecule has 0 N–H and O–H groups in total. The number of halogens is 1. The Kier molecular flexibility index (Phi) is 4.68. The Balaban J connectivity index is 1.57. The highest BCUT2D eigenvalue weighted by Gasteiger charge is 2.22. The van der Waals surface area contributed by atoms with Crippen LogP contribution >= 0.6 is 15.9 Å². The van der Waals surface area contributed by atoms with Gasteiger partial charge in [-0.1, -0.05) is 34.1 Å². The topological polar surface area (TPSA) is 49.3 Å². The van der Waals surface area contributed by atoms with Crippen LogP contribution in [-0.2, 0) is 11.2 Å². The van der Waals surface area contributed by atoms with Gasteiger partial charge in [0, 0.05) is 43.0 Å². The first-order valence-corrected chi connectivity index (χ1v) is 8.06. The standard InChI is InChI=1S/C16H17BrN4O/c17-14-5-2-1-4-13(14)12-15(22)20-8-10-21(11-9-20)16-18-6-3-7-19-16/h1-7H,8-12H2. The molecule has 114 valence electrons. The number of benzene rings is 1. The minimum Gasteiger partial charge on any atom is -0.339 e. The van der Waals surface area contributed by atoms with E-state index in [9.17, 15) is 4.79 Å². The van der Waals surface area contributed by atoms with Crippen molar-refractivity contribution in [3.8, 4) is 0 Å². The quantitative estimate of drug-likeness (QED) is 0.841. The van der Waals surface area contributed by atoms with Gasteiger partial charge in [-0.15, -0.1) is 0 Å². The van der Waals surface area contributed by atoms with Crippen molar-refractivity contribution >= 4 is 27.8 Å². The van der Waals surface area contributed by atoms with Crippen LogP contribution in [0.3, 0.4) is 0 Å². The lowest BCUT2D eigenvalue weighted by molar-refractivity contribution is -0.130. The van der Waals surface area contributed by atoms with E-state index in [0.717, 1.165) is 29.1 Å². The van der Waals surface area contributed by atoms with Gasteiger partial charge in [-0.05, 0) is 17.7 Å². The first-order valence-electron chi connectivity index (χ1n) is 7.27. The summed E-state index contributed by atoms with van der Waals surface area (Å²) in [5.41, 5.74) is 1.03. The number of hydrogen-bond donors (Lipinski definition) is 0. The van der Waals surface area contributed by atoms with Crippen molar-refractivity contribution in [2.45, 2.75) is 6.42 Å². The molecule has 0 spiro atoms. The number of carbonyl (C=O) groups excluding carboxylic acids is 1. The number of amides is 1. The fraction of sp³-hybridized carbons (Fsp3) is 0.312. The summed E-state index contributed by atoms with van der Waals surface area (Å²) in [4.78, 5) is 25.0. The van der Waals surface area contributed by atoms with E-state index in [2.05, 4.69) is 30.8 Å². The number of rotatable bonds is 3. The Labute approximate surface area is 138 Å². The molecule has 0 aliphatic carbocycles. The maximum absolute atomic E-state index is 12.4. The monoisotopic (exact) mass is 360 g/mol. The third-order valence-electron chi connectivity index (χ3n) is 3.77. The molecule has 5 nitrogen and oxygen atoms in total. The molecule has 1 aromatic heterocycles. The number of carbonyl (C=O) groups is 1. The van der Waals surface area contributed by atoms with Crippen molar-refractivity contribution in [3.05, 3.63) is 52.8 Å². The molecule has 1 amide bonds. The fourth-order valence-electron chi connectivity index (χ4n) is 2.53. The van der Waals surface area contributed by atoms with Gasteiger partial charge < -0.3 is 9.80 Å². The SMILES string of the molecule is O=C(Cc1ccccc1Br)N1CCN(c2ncccn2)CC1. The first kappa shape index (κ1) is 15.0. The number of hydrogen-bond acceptors (Lipinski definition) is 4. The van der Waals surface area contributed by atoms with E-state index in [4.69, 9.17) is 0 Å². The fourth-order valence-corrected chi connectivity index (χ4v) is 2.95. The molecule has 1 aliphatic heterocycles. The molecule has 0 bridgehead atoms. The third-order valence-corrected chi connectivity index (χ3v) is 4.54. The van der Waals surface area contributed by atoms with E-state index in [0.29, 0.717) is 19.5 Å². The molecule has 6 heteroatoms. The molecule has 1 fully saturated rings. The predicted molar refractivity (Wildman–Crippen MR) is 88.7 cm³/mol. The lowest BCUT2D eigenvalue weighted by Gasteiger charge is -2.34. The van der Waals surface area contributed by atoms with E-state index >= 15 is 0 Å². The van der Waals surface area contributed by atoms with Crippen LogP contribution < -0.4 is 4.90 Å². The lowest BCUT2D eigenvalue weighted by atomic mass is 10.1. The van der Waals surface area contributed by atoms with Gasteiger partial charge in [-0.25, -0.2) is 9.97 Å². The minimum atomic E-state index is 0.167. The molecule has 22 heavy (non-hydrogen) atoms. The van der Waals surface area contributed by atoms with Crippen LogP contribution in [0.4, 0.5) is 5.95 Å². The molecule has 1 saturated heterocycles. The Morgan fingerprint density at radius 1 is 1.05 bits per heavy atom. The van der Waals surface area contributed by atoms with Gasteiger partial charge >= 0.3 is 0 Å². The lowest BCUT2D eigenvalue weighted by Crippen LogP contribution is -2.49. The van der Waals surface area contributed by atoms with Gasteiger partial charge in [0.1, 0.15) is 0 Å². The Hall–Kier alpha value is -1.95. The van der Waals surface area contributed by atoms with Gasteiger partial charge in [0.05, 0.1) is 6.42 Å². The Morgan fingerprint density at radius 2 is 1.73 bits per heavy atom. The molecule has 1 aliphatic rings. The van der Waals surface area contributed by atoms with Crippen LogP contribution in [0.15, 0.2) is 47.2 Å². The molecule has 0 saturated carbocycles. The zero-order valence-corrected chi connectivity index (χ0v) is 13.7. The van der Waals surface area contributed by atoms with Gasteiger partial charge in [0.2, 0.25) is 11.9 Å². The number of anilines is 1. The van der Waals surface area contributed by atoms with Crippen molar-refractivity contribution in [2.75, 3.05) is 31.1 Å². The van der Waals surface area contributed by atoms with E-state index in [-0.39, 0.29) is 5.91 Å². The van der Waals surface area contributed by atoms with E-state index in [1.165, 1.54) is 0 Å². The zero-order chi connectivity index (χ0) is 15.4. The van der Waals surface area contributed by atoms with Crippen LogP contribution in [-0.4, -0.2) is 47.0 Å². The maximum Gasteiger partial charge on any atom is 0.227 e. The highest BCUT2D eigenvalue weighted by atomic mass is 79.9. The van der Waals surface area contributed by atoms with Crippen LogP contribution in [0.5, 0.6) is 0 Å². The summed E-state index contributed by atoms with van der Waals surface area (Å²) in [6.07, 6.45) is 3.92. The van der Waals surface area contributed by atoms with Crippen LogP contribution in [0.1, 0.15) is 5.56 Å². The summed E-state index contributed by atoms with van der Waals surface area (Å²) >= 11 is 3.49. The van der Waals surface area contributed by atoms with Crippen LogP contribution in [0.25, 0.3) is 0 Å². The van der Waals surface area contributed by atoms with Crippen molar-refractivity contribution in [1.29, 1.82) is 0 Å². The molecule has 0 unspecified atom stereocenters. The largest absolute Gasteiger partial charge is 0.339 e. The molecule has 2 heterocycles. The van der Waals surface area contributed by atoms with Crippen LogP contribution in [0.2, 0.25) is 0 Å². The van der Waals surface area contributed by atoms with Gasteiger partial charge in [-0.3, -0.25) is 4.79 Å². The van der Waals surface area contributed by atoms with E-state index < -0.39 is 0 Å². The Morgan fingerprint density at radius 3 is 2.41 bits per heavy atom. The van der Waals surface area contributed by atoms with E-state index in [1.807, 2.05) is 29.2 Å². The molecule has 0 atom stereocenters. The summed E-state index contributed by atoms with van der Waals surface area (Å²) in [7, 11) is 0. The minimum absolute atomic E-state index is 0.167. The molecule has 3 rings (SSSR count). The smallest absolute Gasteiger partial charge is 0.227 e. The molecular weight excluding hydrogens is 344 g/mol. The summed E-state index contributed by atoms with van der Waals surface area (Å²) < 4.78 is 0.986. The zero-order valence-electron chi connectivity index (χ0n) is 12.2. The molecule has 2 aromatic rings. The average molecular weight is 361 g/mol. The highest BCUT2D eigenvalue weighted by Crippen LogP contribution is 2.18. The summed E-state index contributed by atoms with van der Waals surface area (Å²) in [6, 6.07) is 9.67. The Bertz CT molecular complexity index is 642. The second-order valence-corrected chi connectivity index (χ2v) is 6.04. The molecular formula is C16H17BrN4O. The normalized spacial score (nSPS) is 15.0. The third kappa shape index (κ3) is 3.44.